The number of nitro benzene ring substituents is 1. The van der Waals surface area contributed by atoms with Crippen molar-refractivity contribution in [3.8, 4) is 5.75 Å². The standard InChI is InChI=1S/C12H17IN2O3/c1-9(2)14-6-3-7-18-12-5-4-10(15(16)17)8-11(12)13/h4-5,8-9,14H,3,6-7H2,1-2H3. The van der Waals surface area contributed by atoms with Crippen LogP contribution < -0.4 is 10.1 Å². The number of nitrogens with zero attached hydrogens (tertiary/aromatic N) is 1. The maximum Gasteiger partial charge on any atom is 0.270 e. The van der Waals surface area contributed by atoms with Gasteiger partial charge >= 0.3 is 0 Å². The zero-order valence-corrected chi connectivity index (χ0v) is 12.6. The zero-order valence-electron chi connectivity index (χ0n) is 10.5. The predicted molar refractivity (Wildman–Crippen MR) is 79.1 cm³/mol. The van der Waals surface area contributed by atoms with Crippen LogP contribution >= 0.6 is 22.6 Å². The van der Waals surface area contributed by atoms with Gasteiger partial charge in [0.1, 0.15) is 5.75 Å². The van der Waals surface area contributed by atoms with Gasteiger partial charge in [0.05, 0.1) is 15.1 Å². The Kier molecular flexibility index (Phi) is 6.34. The van der Waals surface area contributed by atoms with Crippen LogP contribution in [0.3, 0.4) is 0 Å². The molecule has 1 aromatic carbocycles. The van der Waals surface area contributed by atoms with E-state index in [-0.39, 0.29) is 5.69 Å². The van der Waals surface area contributed by atoms with Gasteiger partial charge in [-0.3, -0.25) is 10.1 Å². The Morgan fingerprint density at radius 3 is 2.78 bits per heavy atom. The van der Waals surface area contributed by atoms with Gasteiger partial charge in [0.15, 0.2) is 0 Å². The van der Waals surface area contributed by atoms with Crippen LogP contribution in [0.2, 0.25) is 0 Å². The molecule has 0 fully saturated rings. The minimum absolute atomic E-state index is 0.0909. The third-order valence-electron chi connectivity index (χ3n) is 2.26. The Bertz CT molecular complexity index is 410. The second kappa shape index (κ2) is 7.52. The molecule has 0 aliphatic rings. The summed E-state index contributed by atoms with van der Waals surface area (Å²) in [5.74, 6) is 0.700. The second-order valence-corrected chi connectivity index (χ2v) is 5.34. The van der Waals surface area contributed by atoms with Gasteiger partial charge in [-0.2, -0.15) is 0 Å². The number of benzene rings is 1. The summed E-state index contributed by atoms with van der Waals surface area (Å²) in [6.45, 7) is 5.70. The van der Waals surface area contributed by atoms with E-state index in [1.165, 1.54) is 12.1 Å². The Balaban J connectivity index is 2.41. The Morgan fingerprint density at radius 1 is 1.50 bits per heavy atom. The van der Waals surface area contributed by atoms with Crippen LogP contribution in [-0.4, -0.2) is 24.1 Å². The molecular formula is C12H17IN2O3. The molecule has 1 N–H and O–H groups in total. The highest BCUT2D eigenvalue weighted by Crippen LogP contribution is 2.25. The Morgan fingerprint density at radius 2 is 2.22 bits per heavy atom. The minimum atomic E-state index is -0.404. The van der Waals surface area contributed by atoms with Gasteiger partial charge in [-0.25, -0.2) is 0 Å². The van der Waals surface area contributed by atoms with E-state index in [0.717, 1.165) is 16.5 Å². The zero-order chi connectivity index (χ0) is 13.5. The fraction of sp³-hybridized carbons (Fsp3) is 0.500. The van der Waals surface area contributed by atoms with Crippen molar-refractivity contribution in [1.29, 1.82) is 0 Å². The number of rotatable bonds is 7. The van der Waals surface area contributed by atoms with Gasteiger partial charge < -0.3 is 10.1 Å². The van der Waals surface area contributed by atoms with Crippen LogP contribution in [0.1, 0.15) is 20.3 Å². The summed E-state index contributed by atoms with van der Waals surface area (Å²) in [5, 5.41) is 13.9. The maximum absolute atomic E-state index is 10.6. The van der Waals surface area contributed by atoms with E-state index in [4.69, 9.17) is 4.74 Å². The smallest absolute Gasteiger partial charge is 0.270 e. The molecule has 0 radical (unpaired) electrons. The SMILES string of the molecule is CC(C)NCCCOc1ccc([N+](=O)[O-])cc1I. The number of non-ortho nitro benzene ring substituents is 1. The average molecular weight is 364 g/mol. The van der Waals surface area contributed by atoms with Crippen LogP contribution in [0.25, 0.3) is 0 Å². The lowest BCUT2D eigenvalue weighted by molar-refractivity contribution is -0.385. The monoisotopic (exact) mass is 364 g/mol. The summed E-state index contributed by atoms with van der Waals surface area (Å²) in [5.41, 5.74) is 0.0909. The quantitative estimate of drug-likeness (QED) is 0.350. The molecule has 0 amide bonds. The summed E-state index contributed by atoms with van der Waals surface area (Å²) in [7, 11) is 0. The largest absolute Gasteiger partial charge is 0.492 e. The first-order valence-corrected chi connectivity index (χ1v) is 6.88. The van der Waals surface area contributed by atoms with Crippen LogP contribution in [-0.2, 0) is 0 Å². The summed E-state index contributed by atoms with van der Waals surface area (Å²) < 4.78 is 6.35. The molecule has 0 spiro atoms. The molecule has 0 unspecified atom stereocenters. The number of nitrogens with one attached hydrogen (secondary N) is 1. The first kappa shape index (κ1) is 15.2. The number of hydrogen-bond acceptors (Lipinski definition) is 4. The minimum Gasteiger partial charge on any atom is -0.492 e. The van der Waals surface area contributed by atoms with E-state index in [1.54, 1.807) is 6.07 Å². The molecule has 0 aromatic heterocycles. The normalized spacial score (nSPS) is 10.7. The van der Waals surface area contributed by atoms with Crippen molar-refractivity contribution in [2.24, 2.45) is 0 Å². The Hall–Kier alpha value is -0.890. The number of ether oxygens (including phenoxy) is 1. The summed E-state index contributed by atoms with van der Waals surface area (Å²) >= 11 is 2.05. The van der Waals surface area contributed by atoms with E-state index < -0.39 is 4.92 Å². The van der Waals surface area contributed by atoms with Crippen LogP contribution in [0.5, 0.6) is 5.75 Å². The molecule has 18 heavy (non-hydrogen) atoms. The van der Waals surface area contributed by atoms with E-state index in [2.05, 4.69) is 19.2 Å². The predicted octanol–water partition coefficient (Wildman–Crippen LogP) is 2.97. The molecule has 1 aromatic rings. The van der Waals surface area contributed by atoms with Gasteiger partial charge in [-0.15, -0.1) is 0 Å². The average Bonchev–Trinajstić information content (AvgIpc) is 2.29. The van der Waals surface area contributed by atoms with Gasteiger partial charge in [0, 0.05) is 18.2 Å². The number of nitro groups is 1. The highest BCUT2D eigenvalue weighted by molar-refractivity contribution is 14.1. The molecule has 0 aliphatic carbocycles. The van der Waals surface area contributed by atoms with Crippen molar-refractivity contribution in [1.82, 2.24) is 5.32 Å². The van der Waals surface area contributed by atoms with Crippen molar-refractivity contribution in [3.05, 3.63) is 31.9 Å². The van der Waals surface area contributed by atoms with E-state index >= 15 is 0 Å². The lowest BCUT2D eigenvalue weighted by Crippen LogP contribution is -2.24. The molecule has 5 nitrogen and oxygen atoms in total. The van der Waals surface area contributed by atoms with Crippen LogP contribution in [0.15, 0.2) is 18.2 Å². The highest BCUT2D eigenvalue weighted by atomic mass is 127. The Labute approximate surface area is 120 Å². The third kappa shape index (κ3) is 5.18. The van der Waals surface area contributed by atoms with Gasteiger partial charge in [-0.1, -0.05) is 13.8 Å². The molecule has 0 atom stereocenters. The molecule has 0 aliphatic heterocycles. The van der Waals surface area contributed by atoms with Crippen molar-refractivity contribution >= 4 is 28.3 Å². The van der Waals surface area contributed by atoms with Crippen molar-refractivity contribution in [2.45, 2.75) is 26.3 Å². The first-order valence-electron chi connectivity index (χ1n) is 5.81. The first-order chi connectivity index (χ1) is 8.50. The molecule has 0 bridgehead atoms. The third-order valence-corrected chi connectivity index (χ3v) is 3.10. The van der Waals surface area contributed by atoms with Crippen LogP contribution in [0, 0.1) is 13.7 Å². The molecule has 1 rings (SSSR count). The lowest BCUT2D eigenvalue weighted by Gasteiger charge is -2.10. The van der Waals surface area contributed by atoms with Gasteiger partial charge in [0.25, 0.3) is 5.69 Å². The van der Waals surface area contributed by atoms with Crippen LogP contribution in [0.4, 0.5) is 5.69 Å². The highest BCUT2D eigenvalue weighted by Gasteiger charge is 2.09. The number of halogens is 1. The van der Waals surface area contributed by atoms with E-state index in [1.807, 2.05) is 22.6 Å². The van der Waals surface area contributed by atoms with Gasteiger partial charge in [0.2, 0.25) is 0 Å². The fourth-order valence-corrected chi connectivity index (χ4v) is 2.02. The summed E-state index contributed by atoms with van der Waals surface area (Å²) in [6, 6.07) is 5.10. The maximum atomic E-state index is 10.6. The van der Waals surface area contributed by atoms with E-state index in [0.29, 0.717) is 18.4 Å². The fourth-order valence-electron chi connectivity index (χ4n) is 1.37. The molecule has 0 saturated carbocycles. The van der Waals surface area contributed by atoms with Crippen molar-refractivity contribution in [2.75, 3.05) is 13.2 Å². The summed E-state index contributed by atoms with van der Waals surface area (Å²) in [4.78, 5) is 10.2. The molecule has 100 valence electrons. The van der Waals surface area contributed by atoms with Crippen molar-refractivity contribution in [3.63, 3.8) is 0 Å². The van der Waals surface area contributed by atoms with Gasteiger partial charge in [-0.05, 0) is 41.6 Å². The molecule has 0 heterocycles. The lowest BCUT2D eigenvalue weighted by atomic mass is 10.3. The van der Waals surface area contributed by atoms with Crippen molar-refractivity contribution < 1.29 is 9.66 Å². The number of hydrogen-bond donors (Lipinski definition) is 1. The molecule has 6 heteroatoms. The summed E-state index contributed by atoms with van der Waals surface area (Å²) in [6.07, 6.45) is 0.908. The topological polar surface area (TPSA) is 64.4 Å². The molecular weight excluding hydrogens is 347 g/mol. The second-order valence-electron chi connectivity index (χ2n) is 4.18. The molecule has 0 saturated heterocycles. The van der Waals surface area contributed by atoms with E-state index in [9.17, 15) is 10.1 Å².